The van der Waals surface area contributed by atoms with Gasteiger partial charge < -0.3 is 10.5 Å². The molecule has 14 heavy (non-hydrogen) atoms. The van der Waals surface area contributed by atoms with Gasteiger partial charge in [-0.1, -0.05) is 11.6 Å². The molecule has 0 bridgehead atoms. The quantitative estimate of drug-likeness (QED) is 0.453. The summed E-state index contributed by atoms with van der Waals surface area (Å²) in [6.45, 7) is 0. The van der Waals surface area contributed by atoms with E-state index in [4.69, 9.17) is 22.1 Å². The van der Waals surface area contributed by atoms with Gasteiger partial charge in [0.15, 0.2) is 0 Å². The van der Waals surface area contributed by atoms with Crippen LogP contribution in [0.5, 0.6) is 5.75 Å². The minimum absolute atomic E-state index is 0.212. The summed E-state index contributed by atoms with van der Waals surface area (Å²) in [5.74, 6) is 0.268. The molecule has 1 aliphatic heterocycles. The van der Waals surface area contributed by atoms with Crippen molar-refractivity contribution in [2.75, 3.05) is 0 Å². The Morgan fingerprint density at radius 3 is 3.00 bits per heavy atom. The standard InChI is InChI=1S/C9H7ClINO2/c10-4-1-5-7(12)3-8(13)14-9(5)6(11)2-4/h1-2,7H,3,12H2. The molecule has 1 aromatic rings. The lowest BCUT2D eigenvalue weighted by Crippen LogP contribution is -2.25. The Kier molecular flexibility index (Phi) is 2.68. The van der Waals surface area contributed by atoms with Gasteiger partial charge in [-0.3, -0.25) is 4.79 Å². The zero-order chi connectivity index (χ0) is 10.3. The molecular weight excluding hydrogens is 316 g/mol. The number of halogens is 2. The minimum Gasteiger partial charge on any atom is -0.425 e. The van der Waals surface area contributed by atoms with E-state index >= 15 is 0 Å². The number of hydrogen-bond donors (Lipinski definition) is 1. The Morgan fingerprint density at radius 1 is 1.57 bits per heavy atom. The summed E-state index contributed by atoms with van der Waals surface area (Å²) in [6.07, 6.45) is 0.212. The average Bonchev–Trinajstić information content (AvgIpc) is 2.07. The van der Waals surface area contributed by atoms with E-state index in [0.717, 1.165) is 9.13 Å². The first kappa shape index (κ1) is 10.2. The minimum atomic E-state index is -0.307. The lowest BCUT2D eigenvalue weighted by Gasteiger charge is -2.22. The number of nitrogens with two attached hydrogens (primary N) is 1. The molecule has 0 saturated heterocycles. The van der Waals surface area contributed by atoms with Gasteiger partial charge in [-0.2, -0.15) is 0 Å². The number of rotatable bonds is 0. The highest BCUT2D eigenvalue weighted by molar-refractivity contribution is 14.1. The van der Waals surface area contributed by atoms with Gasteiger partial charge in [-0.15, -0.1) is 0 Å². The highest BCUT2D eigenvalue weighted by Crippen LogP contribution is 2.37. The van der Waals surface area contributed by atoms with Crippen LogP contribution in [0.2, 0.25) is 5.02 Å². The number of esters is 1. The van der Waals surface area contributed by atoms with E-state index in [0.29, 0.717) is 10.8 Å². The fourth-order valence-corrected chi connectivity index (χ4v) is 2.58. The molecule has 3 nitrogen and oxygen atoms in total. The van der Waals surface area contributed by atoms with Crippen molar-refractivity contribution in [2.45, 2.75) is 12.5 Å². The Hall–Kier alpha value is -0.330. The Labute approximate surface area is 99.7 Å². The molecule has 2 N–H and O–H groups in total. The SMILES string of the molecule is NC1CC(=O)Oc2c(I)cc(Cl)cc21. The molecule has 1 heterocycles. The third-order valence-corrected chi connectivity index (χ3v) is 3.06. The normalized spacial score (nSPS) is 20.2. The maximum atomic E-state index is 11.1. The first-order chi connectivity index (χ1) is 6.58. The van der Waals surface area contributed by atoms with E-state index in [2.05, 4.69) is 22.6 Å². The molecule has 2 rings (SSSR count). The number of benzene rings is 1. The first-order valence-corrected chi connectivity index (χ1v) is 5.49. The fourth-order valence-electron chi connectivity index (χ4n) is 1.41. The molecule has 0 aliphatic carbocycles. The van der Waals surface area contributed by atoms with Crippen LogP contribution in [0.4, 0.5) is 0 Å². The lowest BCUT2D eigenvalue weighted by atomic mass is 10.0. The molecule has 5 heteroatoms. The number of fused-ring (bicyclic) bond motifs is 1. The summed E-state index contributed by atoms with van der Waals surface area (Å²) >= 11 is 7.95. The van der Waals surface area contributed by atoms with Crippen molar-refractivity contribution >= 4 is 40.2 Å². The van der Waals surface area contributed by atoms with Gasteiger partial charge in [0, 0.05) is 16.6 Å². The van der Waals surface area contributed by atoms with Crippen LogP contribution in [0.25, 0.3) is 0 Å². The maximum Gasteiger partial charge on any atom is 0.313 e. The van der Waals surface area contributed by atoms with Crippen molar-refractivity contribution in [1.29, 1.82) is 0 Å². The van der Waals surface area contributed by atoms with E-state index in [1.54, 1.807) is 12.1 Å². The molecule has 74 valence electrons. The van der Waals surface area contributed by atoms with E-state index in [1.165, 1.54) is 0 Å². The van der Waals surface area contributed by atoms with E-state index < -0.39 is 0 Å². The van der Waals surface area contributed by atoms with Crippen molar-refractivity contribution in [3.05, 3.63) is 26.3 Å². The van der Waals surface area contributed by atoms with E-state index in [-0.39, 0.29) is 18.4 Å². The summed E-state index contributed by atoms with van der Waals surface area (Å²) in [6, 6.07) is 3.18. The van der Waals surface area contributed by atoms with Gasteiger partial charge in [-0.25, -0.2) is 0 Å². The fraction of sp³-hybridized carbons (Fsp3) is 0.222. The number of hydrogen-bond acceptors (Lipinski definition) is 3. The van der Waals surface area contributed by atoms with Crippen molar-refractivity contribution in [3.63, 3.8) is 0 Å². The predicted molar refractivity (Wildman–Crippen MR) is 61.3 cm³/mol. The van der Waals surface area contributed by atoms with Crippen molar-refractivity contribution in [1.82, 2.24) is 0 Å². The molecule has 0 saturated carbocycles. The van der Waals surface area contributed by atoms with Crippen molar-refractivity contribution in [2.24, 2.45) is 5.73 Å². The number of ether oxygens (including phenoxy) is 1. The highest BCUT2D eigenvalue weighted by atomic mass is 127. The van der Waals surface area contributed by atoms with Gasteiger partial charge >= 0.3 is 5.97 Å². The van der Waals surface area contributed by atoms with Gasteiger partial charge in [0.2, 0.25) is 0 Å². The van der Waals surface area contributed by atoms with Crippen molar-refractivity contribution < 1.29 is 9.53 Å². The van der Waals surface area contributed by atoms with Gasteiger partial charge in [0.25, 0.3) is 0 Å². The Morgan fingerprint density at radius 2 is 2.29 bits per heavy atom. The van der Waals surface area contributed by atoms with Gasteiger partial charge in [-0.05, 0) is 34.7 Å². The van der Waals surface area contributed by atoms with Crippen molar-refractivity contribution in [3.8, 4) is 5.75 Å². The monoisotopic (exact) mass is 323 g/mol. The Balaban J connectivity index is 2.58. The first-order valence-electron chi connectivity index (χ1n) is 4.03. The van der Waals surface area contributed by atoms with Crippen LogP contribution in [-0.4, -0.2) is 5.97 Å². The third kappa shape index (κ3) is 1.74. The maximum absolute atomic E-state index is 11.1. The molecule has 0 aromatic heterocycles. The topological polar surface area (TPSA) is 52.3 Å². The number of carbonyl (C=O) groups is 1. The summed E-state index contributed by atoms with van der Waals surface area (Å²) in [4.78, 5) is 11.1. The van der Waals surface area contributed by atoms with Gasteiger partial charge in [0.1, 0.15) is 5.75 Å². The van der Waals surface area contributed by atoms with Gasteiger partial charge in [0.05, 0.1) is 9.99 Å². The second-order valence-corrected chi connectivity index (χ2v) is 4.69. The average molecular weight is 324 g/mol. The van der Waals surface area contributed by atoms with Crippen LogP contribution in [0.1, 0.15) is 18.0 Å². The molecule has 1 aliphatic rings. The van der Waals surface area contributed by atoms with E-state index in [1.807, 2.05) is 0 Å². The molecule has 1 aromatic carbocycles. The molecule has 0 amide bonds. The van der Waals surface area contributed by atoms with Crippen LogP contribution in [0.3, 0.4) is 0 Å². The number of carbonyl (C=O) groups excluding carboxylic acids is 1. The van der Waals surface area contributed by atoms with Crippen LogP contribution >= 0.6 is 34.2 Å². The Bertz CT molecular complexity index is 408. The molecule has 1 unspecified atom stereocenters. The molecule has 1 atom stereocenters. The van der Waals surface area contributed by atoms with Crippen LogP contribution in [-0.2, 0) is 4.79 Å². The lowest BCUT2D eigenvalue weighted by molar-refractivity contribution is -0.135. The molecular formula is C9H7ClINO2. The zero-order valence-corrected chi connectivity index (χ0v) is 10.0. The third-order valence-electron chi connectivity index (χ3n) is 2.04. The smallest absolute Gasteiger partial charge is 0.313 e. The second-order valence-electron chi connectivity index (χ2n) is 3.09. The predicted octanol–water partition coefficient (Wildman–Crippen LogP) is 2.25. The summed E-state index contributed by atoms with van der Waals surface area (Å²) in [5.41, 5.74) is 6.62. The van der Waals surface area contributed by atoms with E-state index in [9.17, 15) is 4.79 Å². The molecule has 0 spiro atoms. The highest BCUT2D eigenvalue weighted by Gasteiger charge is 2.26. The van der Waals surface area contributed by atoms with Crippen LogP contribution in [0.15, 0.2) is 12.1 Å². The van der Waals surface area contributed by atoms with Crippen LogP contribution in [0, 0.1) is 3.57 Å². The zero-order valence-electron chi connectivity index (χ0n) is 7.09. The largest absolute Gasteiger partial charge is 0.425 e. The summed E-state index contributed by atoms with van der Waals surface area (Å²) in [7, 11) is 0. The summed E-state index contributed by atoms with van der Waals surface area (Å²) < 4.78 is 5.92. The summed E-state index contributed by atoms with van der Waals surface area (Å²) in [5, 5.41) is 0.613. The van der Waals surface area contributed by atoms with Crippen LogP contribution < -0.4 is 10.5 Å². The second kappa shape index (κ2) is 3.67. The molecule has 0 fully saturated rings. The molecule has 0 radical (unpaired) electrons.